The van der Waals surface area contributed by atoms with E-state index in [0.717, 1.165) is 50.3 Å². The molecule has 2 aromatic heterocycles. The maximum absolute atomic E-state index is 12.6. The molecule has 3 rings (SSSR count). The molecule has 1 fully saturated rings. The Morgan fingerprint density at radius 1 is 1.23 bits per heavy atom. The van der Waals surface area contributed by atoms with Crippen molar-refractivity contribution in [1.29, 1.82) is 0 Å². The molecule has 0 radical (unpaired) electrons. The summed E-state index contributed by atoms with van der Waals surface area (Å²) in [5.41, 5.74) is 4.54. The Morgan fingerprint density at radius 3 is 2.77 bits per heavy atom. The highest BCUT2D eigenvalue weighted by Gasteiger charge is 2.23. The highest BCUT2D eigenvalue weighted by Crippen LogP contribution is 2.21. The lowest BCUT2D eigenvalue weighted by Gasteiger charge is -2.33. The van der Waals surface area contributed by atoms with Crippen molar-refractivity contribution in [1.82, 2.24) is 19.7 Å². The summed E-state index contributed by atoms with van der Waals surface area (Å²) in [5.74, 6) is 0.839. The van der Waals surface area contributed by atoms with Crippen LogP contribution in [0.3, 0.4) is 0 Å². The van der Waals surface area contributed by atoms with E-state index in [-0.39, 0.29) is 0 Å². The minimum Gasteiger partial charge on any atom is -0.342 e. The zero-order chi connectivity index (χ0) is 18.5. The van der Waals surface area contributed by atoms with Crippen molar-refractivity contribution in [2.75, 3.05) is 13.1 Å². The lowest BCUT2D eigenvalue weighted by atomic mass is 9.91. The first-order chi connectivity index (χ1) is 12.5. The number of nitrogens with zero attached hydrogens (tertiary/aromatic N) is 4. The fourth-order valence-electron chi connectivity index (χ4n) is 3.85. The summed E-state index contributed by atoms with van der Waals surface area (Å²) in [6.45, 7) is 8.69. The molecule has 0 N–H and O–H groups in total. The average Bonchev–Trinajstić information content (AvgIpc) is 2.94. The van der Waals surface area contributed by atoms with Crippen molar-refractivity contribution < 1.29 is 4.79 Å². The molecule has 1 saturated heterocycles. The summed E-state index contributed by atoms with van der Waals surface area (Å²) in [5, 5.41) is 4.47. The van der Waals surface area contributed by atoms with E-state index in [1.54, 1.807) is 0 Å². The van der Waals surface area contributed by atoms with Gasteiger partial charge in [-0.05, 0) is 70.1 Å². The molecule has 1 amide bonds. The molecule has 0 spiro atoms. The predicted molar refractivity (Wildman–Crippen MR) is 103 cm³/mol. The van der Waals surface area contributed by atoms with Crippen molar-refractivity contribution in [2.24, 2.45) is 5.92 Å². The molecular formula is C21H30N4O. The van der Waals surface area contributed by atoms with Crippen LogP contribution < -0.4 is 0 Å². The fraction of sp³-hybridized carbons (Fsp3) is 0.571. The number of amides is 1. The third-order valence-corrected chi connectivity index (χ3v) is 5.23. The molecule has 0 aliphatic carbocycles. The van der Waals surface area contributed by atoms with E-state index in [2.05, 4.69) is 40.1 Å². The molecule has 5 heteroatoms. The fourth-order valence-corrected chi connectivity index (χ4v) is 3.85. The summed E-state index contributed by atoms with van der Waals surface area (Å²) in [4.78, 5) is 19.1. The van der Waals surface area contributed by atoms with Gasteiger partial charge >= 0.3 is 0 Å². The van der Waals surface area contributed by atoms with Gasteiger partial charge in [-0.25, -0.2) is 0 Å². The molecule has 1 atom stereocenters. The molecule has 1 aliphatic rings. The van der Waals surface area contributed by atoms with Crippen molar-refractivity contribution in [3.63, 3.8) is 0 Å². The van der Waals surface area contributed by atoms with Gasteiger partial charge in [0, 0.05) is 43.6 Å². The first-order valence-electron chi connectivity index (χ1n) is 9.71. The Bertz CT molecular complexity index is 735. The third-order valence-electron chi connectivity index (χ3n) is 5.23. The van der Waals surface area contributed by atoms with Crippen molar-refractivity contribution in [3.05, 3.63) is 47.0 Å². The third kappa shape index (κ3) is 4.93. The zero-order valence-electron chi connectivity index (χ0n) is 16.2. The smallest absolute Gasteiger partial charge is 0.222 e. The normalized spacial score (nSPS) is 17.5. The lowest BCUT2D eigenvalue weighted by Crippen LogP contribution is -2.40. The van der Waals surface area contributed by atoms with Gasteiger partial charge in [0.15, 0.2) is 0 Å². The molecule has 0 bridgehead atoms. The van der Waals surface area contributed by atoms with Crippen LogP contribution in [0.1, 0.15) is 48.3 Å². The number of piperidine rings is 1. The lowest BCUT2D eigenvalue weighted by molar-refractivity contribution is -0.133. The Labute approximate surface area is 156 Å². The van der Waals surface area contributed by atoms with E-state index in [1.807, 2.05) is 24.7 Å². The van der Waals surface area contributed by atoms with E-state index in [1.165, 1.54) is 17.7 Å². The first kappa shape index (κ1) is 18.6. The second kappa shape index (κ2) is 8.47. The minimum absolute atomic E-state index is 0.290. The quantitative estimate of drug-likeness (QED) is 0.798. The number of carbonyl (C=O) groups excluding carboxylic acids is 1. The van der Waals surface area contributed by atoms with Gasteiger partial charge in [-0.1, -0.05) is 6.07 Å². The van der Waals surface area contributed by atoms with Gasteiger partial charge in [-0.15, -0.1) is 0 Å². The molecule has 0 aromatic carbocycles. The van der Waals surface area contributed by atoms with Gasteiger partial charge in [-0.3, -0.25) is 14.5 Å². The number of aromatic nitrogens is 3. The van der Waals surface area contributed by atoms with E-state index in [4.69, 9.17) is 0 Å². The maximum Gasteiger partial charge on any atom is 0.222 e. The van der Waals surface area contributed by atoms with Gasteiger partial charge < -0.3 is 4.90 Å². The predicted octanol–water partition coefficient (Wildman–Crippen LogP) is 3.46. The van der Waals surface area contributed by atoms with Crippen molar-refractivity contribution in [3.8, 4) is 0 Å². The number of hydrogen-bond acceptors (Lipinski definition) is 3. The SMILES string of the molecule is Cc1ccc(CC2CCCN(C(=O)CCCn3nc(C)cc3C)C2)cn1. The van der Waals surface area contributed by atoms with E-state index in [9.17, 15) is 4.79 Å². The van der Waals surface area contributed by atoms with Gasteiger partial charge in [-0.2, -0.15) is 5.10 Å². The monoisotopic (exact) mass is 354 g/mol. The second-order valence-corrected chi connectivity index (χ2v) is 7.61. The van der Waals surface area contributed by atoms with Crippen LogP contribution in [0.25, 0.3) is 0 Å². The molecule has 26 heavy (non-hydrogen) atoms. The summed E-state index contributed by atoms with van der Waals surface area (Å²) in [6.07, 6.45) is 6.75. The molecule has 0 saturated carbocycles. The first-order valence-corrected chi connectivity index (χ1v) is 9.71. The minimum atomic E-state index is 0.290. The Hall–Kier alpha value is -2.17. The standard InChI is InChI=1S/C21H30N4O/c1-16-8-9-19(14-22-16)13-20-6-4-10-24(15-20)21(26)7-5-11-25-18(3)12-17(2)23-25/h8-9,12,14,20H,4-7,10-11,13,15H2,1-3H3. The van der Waals surface area contributed by atoms with Crippen LogP contribution in [0.4, 0.5) is 0 Å². The number of carbonyl (C=O) groups is 1. The highest BCUT2D eigenvalue weighted by molar-refractivity contribution is 5.76. The van der Waals surface area contributed by atoms with Crippen LogP contribution in [0.15, 0.2) is 24.4 Å². The molecule has 3 heterocycles. The van der Waals surface area contributed by atoms with Gasteiger partial charge in [0.1, 0.15) is 0 Å². The molecule has 1 unspecified atom stereocenters. The van der Waals surface area contributed by atoms with Gasteiger partial charge in [0.05, 0.1) is 5.69 Å². The number of likely N-dealkylation sites (tertiary alicyclic amines) is 1. The van der Waals surface area contributed by atoms with Crippen LogP contribution >= 0.6 is 0 Å². The Kier molecular flexibility index (Phi) is 6.07. The van der Waals surface area contributed by atoms with Crippen LogP contribution in [0, 0.1) is 26.7 Å². The van der Waals surface area contributed by atoms with Crippen LogP contribution in [-0.2, 0) is 17.8 Å². The largest absolute Gasteiger partial charge is 0.342 e. The highest BCUT2D eigenvalue weighted by atomic mass is 16.2. The number of aryl methyl sites for hydroxylation is 4. The zero-order valence-corrected chi connectivity index (χ0v) is 16.2. The maximum atomic E-state index is 12.6. The molecular weight excluding hydrogens is 324 g/mol. The van der Waals surface area contributed by atoms with Gasteiger partial charge in [0.25, 0.3) is 0 Å². The van der Waals surface area contributed by atoms with E-state index >= 15 is 0 Å². The van der Waals surface area contributed by atoms with Crippen LogP contribution in [-0.4, -0.2) is 38.7 Å². The molecule has 1 aliphatic heterocycles. The number of rotatable bonds is 6. The Morgan fingerprint density at radius 2 is 2.08 bits per heavy atom. The second-order valence-electron chi connectivity index (χ2n) is 7.61. The summed E-state index contributed by atoms with van der Waals surface area (Å²) in [6, 6.07) is 6.31. The average molecular weight is 354 g/mol. The van der Waals surface area contributed by atoms with Crippen LogP contribution in [0.2, 0.25) is 0 Å². The number of pyridine rings is 1. The van der Waals surface area contributed by atoms with E-state index < -0.39 is 0 Å². The molecule has 140 valence electrons. The van der Waals surface area contributed by atoms with Crippen LogP contribution in [0.5, 0.6) is 0 Å². The van der Waals surface area contributed by atoms with Crippen molar-refractivity contribution >= 4 is 5.91 Å². The topological polar surface area (TPSA) is 51.0 Å². The summed E-state index contributed by atoms with van der Waals surface area (Å²) < 4.78 is 2.01. The van der Waals surface area contributed by atoms with Crippen molar-refractivity contribution in [2.45, 2.75) is 59.4 Å². The molecule has 5 nitrogen and oxygen atoms in total. The molecule has 2 aromatic rings. The summed E-state index contributed by atoms with van der Waals surface area (Å²) >= 11 is 0. The van der Waals surface area contributed by atoms with Gasteiger partial charge in [0.2, 0.25) is 5.91 Å². The summed E-state index contributed by atoms with van der Waals surface area (Å²) in [7, 11) is 0. The van der Waals surface area contributed by atoms with E-state index in [0.29, 0.717) is 18.2 Å². The number of hydrogen-bond donors (Lipinski definition) is 0. The Balaban J connectivity index is 1.46.